The van der Waals surface area contributed by atoms with Gasteiger partial charge >= 0.3 is 0 Å². The number of phenolic OH excluding ortho intramolecular Hbond substituents is 1. The monoisotopic (exact) mass is 315 g/mol. The molecule has 0 aliphatic carbocycles. The molecule has 100 valence electrons. The van der Waals surface area contributed by atoms with Gasteiger partial charge in [-0.15, -0.1) is 0 Å². The smallest absolute Gasteiger partial charge is 0.255 e. The maximum Gasteiger partial charge on any atom is 0.255 e. The molecule has 1 atom stereocenters. The average Bonchev–Trinajstić information content (AvgIpc) is 2.36. The van der Waals surface area contributed by atoms with E-state index in [1.165, 1.54) is 7.11 Å². The Kier molecular flexibility index (Phi) is 5.98. The van der Waals surface area contributed by atoms with Crippen LogP contribution in [0.25, 0.3) is 0 Å². The fourth-order valence-corrected chi connectivity index (χ4v) is 2.20. The number of nitrogens with one attached hydrogen (secondary N) is 1. The summed E-state index contributed by atoms with van der Waals surface area (Å²) in [6.07, 6.45) is 2.04. The molecule has 0 aromatic heterocycles. The normalized spacial score (nSPS) is 11.9. The van der Waals surface area contributed by atoms with E-state index in [0.29, 0.717) is 12.3 Å². The highest BCUT2D eigenvalue weighted by molar-refractivity contribution is 9.09. The lowest BCUT2D eigenvalue weighted by Gasteiger charge is -2.12. The van der Waals surface area contributed by atoms with Crippen molar-refractivity contribution < 1.29 is 14.6 Å². The molecule has 0 aliphatic rings. The Balaban J connectivity index is 2.67. The van der Waals surface area contributed by atoms with Gasteiger partial charge in [0.15, 0.2) is 11.5 Å². The Bertz CT molecular complexity index is 409. The molecule has 0 saturated carbocycles. The Hall–Kier alpha value is -1.23. The van der Waals surface area contributed by atoms with Gasteiger partial charge < -0.3 is 15.2 Å². The molecule has 1 rings (SSSR count). The van der Waals surface area contributed by atoms with Gasteiger partial charge in [0.1, 0.15) is 0 Å². The number of aromatic hydroxyl groups is 1. The minimum atomic E-state index is -0.299. The van der Waals surface area contributed by atoms with E-state index in [-0.39, 0.29) is 22.0 Å². The summed E-state index contributed by atoms with van der Waals surface area (Å²) in [6.45, 7) is 2.62. The number of hydrogen-bond acceptors (Lipinski definition) is 3. The number of alkyl halides is 1. The van der Waals surface area contributed by atoms with Crippen molar-refractivity contribution in [1.82, 2.24) is 5.32 Å². The predicted molar refractivity (Wildman–Crippen MR) is 74.6 cm³/mol. The molecule has 0 fully saturated rings. The van der Waals surface area contributed by atoms with Crippen molar-refractivity contribution >= 4 is 21.8 Å². The Labute approximate surface area is 115 Å². The summed E-state index contributed by atoms with van der Waals surface area (Å²) < 4.78 is 4.96. The number of methoxy groups -OCH3 is 1. The third kappa shape index (κ3) is 3.91. The van der Waals surface area contributed by atoms with Crippen molar-refractivity contribution in [2.75, 3.05) is 13.7 Å². The lowest BCUT2D eigenvalue weighted by Crippen LogP contribution is -2.29. The van der Waals surface area contributed by atoms with E-state index in [4.69, 9.17) is 4.74 Å². The van der Waals surface area contributed by atoms with E-state index in [2.05, 4.69) is 28.2 Å². The summed E-state index contributed by atoms with van der Waals surface area (Å²) >= 11 is 3.48. The Morgan fingerprint density at radius 2 is 2.28 bits per heavy atom. The number of benzene rings is 1. The molecule has 1 aromatic rings. The van der Waals surface area contributed by atoms with Crippen LogP contribution in [0.4, 0.5) is 0 Å². The predicted octanol–water partition coefficient (Wildman–Crippen LogP) is 2.69. The number of hydrogen-bond donors (Lipinski definition) is 2. The van der Waals surface area contributed by atoms with Crippen LogP contribution in [0, 0.1) is 0 Å². The zero-order valence-corrected chi connectivity index (χ0v) is 12.2. The first-order valence-electron chi connectivity index (χ1n) is 5.88. The minimum absolute atomic E-state index is 0.126. The minimum Gasteiger partial charge on any atom is -0.504 e. The van der Waals surface area contributed by atoms with Crippen LogP contribution in [0.5, 0.6) is 11.5 Å². The first-order chi connectivity index (χ1) is 8.60. The zero-order valence-electron chi connectivity index (χ0n) is 10.6. The quantitative estimate of drug-likeness (QED) is 0.793. The van der Waals surface area contributed by atoms with Gasteiger partial charge in [0.25, 0.3) is 5.91 Å². The van der Waals surface area contributed by atoms with Gasteiger partial charge in [0.2, 0.25) is 0 Å². The number of carbonyl (C=O) groups excluding carboxylic acids is 1. The number of amides is 1. The number of ether oxygens (including phenoxy) is 1. The number of carbonyl (C=O) groups is 1. The molecule has 1 amide bonds. The molecule has 0 radical (unpaired) electrons. The van der Waals surface area contributed by atoms with Crippen molar-refractivity contribution in [2.45, 2.75) is 24.6 Å². The zero-order chi connectivity index (χ0) is 13.5. The number of phenols is 1. The lowest BCUT2D eigenvalue weighted by atomic mass is 10.1. The van der Waals surface area contributed by atoms with E-state index >= 15 is 0 Å². The fraction of sp³-hybridized carbons (Fsp3) is 0.462. The molecule has 4 nitrogen and oxygen atoms in total. The van der Waals surface area contributed by atoms with Crippen LogP contribution in [0.1, 0.15) is 30.1 Å². The van der Waals surface area contributed by atoms with Crippen molar-refractivity contribution in [1.29, 1.82) is 0 Å². The standard InChI is InChI=1S/C13H18BrNO3/c1-3-5-9(14)8-15-13(17)10-6-4-7-11(18-2)12(10)16/h4,6-7,9,16H,3,5,8H2,1-2H3,(H,15,17). The van der Waals surface area contributed by atoms with Gasteiger partial charge in [-0.2, -0.15) is 0 Å². The number of halogens is 1. The van der Waals surface area contributed by atoms with Gasteiger partial charge in [0, 0.05) is 11.4 Å². The molecule has 0 bridgehead atoms. The molecule has 2 N–H and O–H groups in total. The molecular weight excluding hydrogens is 298 g/mol. The van der Waals surface area contributed by atoms with Crippen LogP contribution in [0.3, 0.4) is 0 Å². The summed E-state index contributed by atoms with van der Waals surface area (Å²) in [5, 5.41) is 12.6. The van der Waals surface area contributed by atoms with E-state index < -0.39 is 0 Å². The second-order valence-electron chi connectivity index (χ2n) is 3.95. The largest absolute Gasteiger partial charge is 0.504 e. The molecule has 0 spiro atoms. The van der Waals surface area contributed by atoms with Gasteiger partial charge in [-0.1, -0.05) is 35.3 Å². The summed E-state index contributed by atoms with van der Waals surface area (Å²) in [5.74, 6) is -0.127. The molecule has 5 heteroatoms. The van der Waals surface area contributed by atoms with Crippen LogP contribution in [0.2, 0.25) is 0 Å². The fourth-order valence-electron chi connectivity index (χ4n) is 1.58. The third-order valence-electron chi connectivity index (χ3n) is 2.55. The van der Waals surface area contributed by atoms with Crippen LogP contribution in [-0.2, 0) is 0 Å². The van der Waals surface area contributed by atoms with E-state index in [0.717, 1.165) is 12.8 Å². The molecular formula is C13H18BrNO3. The maximum absolute atomic E-state index is 11.9. The molecule has 1 unspecified atom stereocenters. The van der Waals surface area contributed by atoms with E-state index in [1.54, 1.807) is 18.2 Å². The highest BCUT2D eigenvalue weighted by Gasteiger charge is 2.15. The Morgan fingerprint density at radius 3 is 2.89 bits per heavy atom. The van der Waals surface area contributed by atoms with Crippen molar-refractivity contribution in [2.24, 2.45) is 0 Å². The first-order valence-corrected chi connectivity index (χ1v) is 6.80. The van der Waals surface area contributed by atoms with Crippen LogP contribution in [-0.4, -0.2) is 29.5 Å². The van der Waals surface area contributed by atoms with Gasteiger partial charge in [0.05, 0.1) is 12.7 Å². The second-order valence-corrected chi connectivity index (χ2v) is 5.25. The number of para-hydroxylation sites is 1. The molecule has 0 saturated heterocycles. The second kappa shape index (κ2) is 7.26. The van der Waals surface area contributed by atoms with Crippen molar-refractivity contribution in [3.05, 3.63) is 23.8 Å². The van der Waals surface area contributed by atoms with Gasteiger partial charge in [-0.25, -0.2) is 0 Å². The molecule has 1 aromatic carbocycles. The number of rotatable bonds is 6. The van der Waals surface area contributed by atoms with E-state index in [1.807, 2.05) is 0 Å². The summed E-state index contributed by atoms with van der Waals surface area (Å²) in [4.78, 5) is 12.1. The summed E-state index contributed by atoms with van der Waals surface area (Å²) in [5.41, 5.74) is 0.227. The SMILES string of the molecule is CCCC(Br)CNC(=O)c1cccc(OC)c1O. The van der Waals surface area contributed by atoms with Gasteiger partial charge in [-0.3, -0.25) is 4.79 Å². The van der Waals surface area contributed by atoms with Crippen molar-refractivity contribution in [3.8, 4) is 11.5 Å². The third-order valence-corrected chi connectivity index (χ3v) is 3.33. The maximum atomic E-state index is 11.9. The summed E-state index contributed by atoms with van der Waals surface area (Å²) in [6, 6.07) is 4.85. The van der Waals surface area contributed by atoms with E-state index in [9.17, 15) is 9.90 Å². The molecule has 18 heavy (non-hydrogen) atoms. The highest BCUT2D eigenvalue weighted by Crippen LogP contribution is 2.29. The topological polar surface area (TPSA) is 58.6 Å². The van der Waals surface area contributed by atoms with Crippen LogP contribution in [0.15, 0.2) is 18.2 Å². The molecule has 0 aliphatic heterocycles. The highest BCUT2D eigenvalue weighted by atomic mass is 79.9. The van der Waals surface area contributed by atoms with Crippen LogP contribution >= 0.6 is 15.9 Å². The average molecular weight is 316 g/mol. The summed E-state index contributed by atoms with van der Waals surface area (Å²) in [7, 11) is 1.45. The molecule has 0 heterocycles. The van der Waals surface area contributed by atoms with Crippen molar-refractivity contribution in [3.63, 3.8) is 0 Å². The van der Waals surface area contributed by atoms with Gasteiger partial charge in [-0.05, 0) is 18.6 Å². The Morgan fingerprint density at radius 1 is 1.56 bits per heavy atom. The van der Waals surface area contributed by atoms with Crippen LogP contribution < -0.4 is 10.1 Å². The lowest BCUT2D eigenvalue weighted by molar-refractivity contribution is 0.0950. The first kappa shape index (κ1) is 14.8.